The highest BCUT2D eigenvalue weighted by Gasteiger charge is 2.31. The van der Waals surface area contributed by atoms with Gasteiger partial charge in [0.1, 0.15) is 17.1 Å². The molecular formula is C12H14ClN3O. The topological polar surface area (TPSA) is 50.9 Å². The first kappa shape index (κ1) is 11.0. The van der Waals surface area contributed by atoms with Crippen LogP contribution in [0.25, 0.3) is 11.0 Å². The van der Waals surface area contributed by atoms with Crippen LogP contribution in [0.4, 0.5) is 0 Å². The summed E-state index contributed by atoms with van der Waals surface area (Å²) in [4.78, 5) is 8.34. The highest BCUT2D eigenvalue weighted by molar-refractivity contribution is 6.34. The Morgan fingerprint density at radius 2 is 2.24 bits per heavy atom. The quantitative estimate of drug-likeness (QED) is 0.834. The molecule has 0 bridgehead atoms. The number of aryl methyl sites for hydroxylation is 1. The minimum absolute atomic E-state index is 0.282. The summed E-state index contributed by atoms with van der Waals surface area (Å²) in [6.45, 7) is 2.31. The van der Waals surface area contributed by atoms with Gasteiger partial charge in [-0.15, -0.1) is 0 Å². The first-order chi connectivity index (χ1) is 8.20. The van der Waals surface area contributed by atoms with E-state index in [-0.39, 0.29) is 6.61 Å². The van der Waals surface area contributed by atoms with Gasteiger partial charge in [-0.05, 0) is 31.2 Å². The number of aromatic nitrogens is 3. The number of aliphatic hydroxyl groups excluding tert-OH is 1. The molecule has 17 heavy (non-hydrogen) atoms. The largest absolute Gasteiger partial charge is 0.396 e. The van der Waals surface area contributed by atoms with E-state index in [1.165, 1.54) is 6.33 Å². The number of halogens is 1. The molecule has 0 spiro atoms. The summed E-state index contributed by atoms with van der Waals surface area (Å²) in [7, 11) is 0. The minimum Gasteiger partial charge on any atom is -0.396 e. The van der Waals surface area contributed by atoms with Crippen LogP contribution in [0.2, 0.25) is 5.15 Å². The van der Waals surface area contributed by atoms with Crippen LogP contribution >= 0.6 is 11.6 Å². The number of aliphatic hydroxyl groups is 1. The van der Waals surface area contributed by atoms with Gasteiger partial charge in [0, 0.05) is 18.8 Å². The molecule has 90 valence electrons. The van der Waals surface area contributed by atoms with E-state index >= 15 is 0 Å². The van der Waals surface area contributed by atoms with Crippen LogP contribution in [0.1, 0.15) is 24.4 Å². The second-order valence-corrected chi connectivity index (χ2v) is 5.11. The number of hydrogen-bond acceptors (Lipinski definition) is 3. The molecule has 1 aliphatic rings. The molecule has 0 aliphatic heterocycles. The number of rotatable bonds is 2. The summed E-state index contributed by atoms with van der Waals surface area (Å²) in [6, 6.07) is 0.439. The Labute approximate surface area is 104 Å². The zero-order valence-corrected chi connectivity index (χ0v) is 10.4. The molecule has 0 radical (unpaired) electrons. The van der Waals surface area contributed by atoms with Crippen LogP contribution in [0.5, 0.6) is 0 Å². The molecule has 0 unspecified atom stereocenters. The molecule has 2 aromatic heterocycles. The van der Waals surface area contributed by atoms with Crippen molar-refractivity contribution in [3.8, 4) is 0 Å². The van der Waals surface area contributed by atoms with E-state index in [1.807, 2.05) is 6.92 Å². The Bertz CT molecular complexity index is 560. The van der Waals surface area contributed by atoms with Crippen molar-refractivity contribution in [3.63, 3.8) is 0 Å². The number of fused-ring (bicyclic) bond motifs is 1. The van der Waals surface area contributed by atoms with Crippen LogP contribution in [0, 0.1) is 12.8 Å². The van der Waals surface area contributed by atoms with Crippen molar-refractivity contribution in [2.45, 2.75) is 25.8 Å². The fourth-order valence-corrected chi connectivity index (χ4v) is 2.86. The van der Waals surface area contributed by atoms with Crippen molar-refractivity contribution in [2.24, 2.45) is 5.92 Å². The second-order valence-electron chi connectivity index (χ2n) is 4.76. The van der Waals surface area contributed by atoms with Gasteiger partial charge in [0.15, 0.2) is 0 Å². The van der Waals surface area contributed by atoms with Crippen molar-refractivity contribution in [1.82, 2.24) is 14.5 Å². The SMILES string of the molecule is Cc1cn(C2CC(CO)C2)c2ncnc(Cl)c12. The third-order valence-electron chi connectivity index (χ3n) is 3.62. The lowest BCUT2D eigenvalue weighted by molar-refractivity contribution is 0.114. The lowest BCUT2D eigenvalue weighted by Crippen LogP contribution is -2.28. The zero-order chi connectivity index (χ0) is 12.0. The van der Waals surface area contributed by atoms with E-state index in [2.05, 4.69) is 20.7 Å². The van der Waals surface area contributed by atoms with E-state index < -0.39 is 0 Å². The monoisotopic (exact) mass is 251 g/mol. The molecule has 1 saturated carbocycles. The summed E-state index contributed by atoms with van der Waals surface area (Å²) in [6.07, 6.45) is 5.62. The Balaban J connectivity index is 2.04. The van der Waals surface area contributed by atoms with Crippen molar-refractivity contribution in [1.29, 1.82) is 0 Å². The van der Waals surface area contributed by atoms with Gasteiger partial charge in [0.05, 0.1) is 5.39 Å². The van der Waals surface area contributed by atoms with Crippen molar-refractivity contribution >= 4 is 22.6 Å². The minimum atomic E-state index is 0.282. The lowest BCUT2D eigenvalue weighted by Gasteiger charge is -2.35. The molecule has 2 aromatic rings. The van der Waals surface area contributed by atoms with E-state index in [9.17, 15) is 0 Å². The van der Waals surface area contributed by atoms with E-state index in [4.69, 9.17) is 16.7 Å². The molecule has 3 rings (SSSR count). The van der Waals surface area contributed by atoms with Crippen LogP contribution in [0.15, 0.2) is 12.5 Å². The number of hydrogen-bond donors (Lipinski definition) is 1. The summed E-state index contributed by atoms with van der Waals surface area (Å²) >= 11 is 6.09. The maximum absolute atomic E-state index is 9.06. The predicted octanol–water partition coefficient (Wildman–Crippen LogP) is 2.34. The molecule has 0 saturated heterocycles. The molecule has 1 aliphatic carbocycles. The Morgan fingerprint density at radius 1 is 1.47 bits per heavy atom. The maximum Gasteiger partial charge on any atom is 0.145 e. The molecule has 0 aromatic carbocycles. The lowest BCUT2D eigenvalue weighted by atomic mass is 9.81. The van der Waals surface area contributed by atoms with Crippen LogP contribution < -0.4 is 0 Å². The summed E-state index contributed by atoms with van der Waals surface area (Å²) in [5.41, 5.74) is 2.02. The van der Waals surface area contributed by atoms with Gasteiger partial charge in [0.25, 0.3) is 0 Å². The maximum atomic E-state index is 9.06. The van der Waals surface area contributed by atoms with Gasteiger partial charge < -0.3 is 9.67 Å². The third-order valence-corrected chi connectivity index (χ3v) is 3.90. The van der Waals surface area contributed by atoms with Crippen molar-refractivity contribution in [2.75, 3.05) is 6.61 Å². The van der Waals surface area contributed by atoms with Crippen LogP contribution in [0.3, 0.4) is 0 Å². The van der Waals surface area contributed by atoms with Gasteiger partial charge in [-0.1, -0.05) is 11.6 Å². The fourth-order valence-electron chi connectivity index (χ4n) is 2.58. The van der Waals surface area contributed by atoms with E-state index in [1.54, 1.807) is 0 Å². The van der Waals surface area contributed by atoms with Gasteiger partial charge in [-0.3, -0.25) is 0 Å². The third kappa shape index (κ3) is 1.63. The molecule has 0 amide bonds. The number of nitrogens with zero attached hydrogens (tertiary/aromatic N) is 3. The van der Waals surface area contributed by atoms with Crippen LogP contribution in [-0.4, -0.2) is 26.2 Å². The van der Waals surface area contributed by atoms with E-state index in [0.717, 1.165) is 29.4 Å². The predicted molar refractivity (Wildman–Crippen MR) is 66.1 cm³/mol. The standard InChI is InChI=1S/C12H14ClN3O/c1-7-4-16(9-2-8(3-9)5-17)12-10(7)11(13)14-6-15-12/h4,6,8-9,17H,2-3,5H2,1H3. The molecule has 1 N–H and O–H groups in total. The van der Waals surface area contributed by atoms with Crippen LogP contribution in [-0.2, 0) is 0 Å². The second kappa shape index (κ2) is 3.96. The molecule has 5 heteroatoms. The molecule has 1 fully saturated rings. The van der Waals surface area contributed by atoms with Crippen molar-refractivity contribution in [3.05, 3.63) is 23.2 Å². The average molecular weight is 252 g/mol. The van der Waals surface area contributed by atoms with Gasteiger partial charge in [-0.25, -0.2) is 9.97 Å². The normalized spacial score (nSPS) is 23.9. The van der Waals surface area contributed by atoms with Gasteiger partial charge >= 0.3 is 0 Å². The summed E-state index contributed by atoms with van der Waals surface area (Å²) in [5.74, 6) is 0.440. The molecule has 0 atom stereocenters. The van der Waals surface area contributed by atoms with Gasteiger partial charge in [-0.2, -0.15) is 0 Å². The fraction of sp³-hybridized carbons (Fsp3) is 0.500. The molecular weight excluding hydrogens is 238 g/mol. The smallest absolute Gasteiger partial charge is 0.145 e. The highest BCUT2D eigenvalue weighted by Crippen LogP contribution is 2.40. The zero-order valence-electron chi connectivity index (χ0n) is 9.60. The Morgan fingerprint density at radius 3 is 2.94 bits per heavy atom. The molecule has 2 heterocycles. The van der Waals surface area contributed by atoms with Gasteiger partial charge in [0.2, 0.25) is 0 Å². The highest BCUT2D eigenvalue weighted by atomic mass is 35.5. The van der Waals surface area contributed by atoms with Crippen molar-refractivity contribution < 1.29 is 5.11 Å². The summed E-state index contributed by atoms with van der Waals surface area (Å²) in [5, 5.41) is 10.5. The Kier molecular flexibility index (Phi) is 2.56. The first-order valence-corrected chi connectivity index (χ1v) is 6.17. The summed E-state index contributed by atoms with van der Waals surface area (Å²) < 4.78 is 2.17. The average Bonchev–Trinajstić information content (AvgIpc) is 2.56. The first-order valence-electron chi connectivity index (χ1n) is 5.79. The van der Waals surface area contributed by atoms with E-state index in [0.29, 0.717) is 17.1 Å². The molecule has 4 nitrogen and oxygen atoms in total. The Hall–Kier alpha value is -1.13.